The molecule has 1 fully saturated rings. The van der Waals surface area contributed by atoms with Crippen LogP contribution in [0.15, 0.2) is 79.0 Å². The summed E-state index contributed by atoms with van der Waals surface area (Å²) in [5, 5.41) is 7.00. The molecule has 0 unspecified atom stereocenters. The zero-order valence-electron chi connectivity index (χ0n) is 24.2. The van der Waals surface area contributed by atoms with Gasteiger partial charge in [0.2, 0.25) is 17.7 Å². The van der Waals surface area contributed by atoms with Crippen LogP contribution in [0.1, 0.15) is 63.1 Å². The number of H-pyrrole nitrogens is 1. The number of ether oxygens (including phenoxy) is 1. The number of hydrogen-bond donors (Lipinski definition) is 3. The summed E-state index contributed by atoms with van der Waals surface area (Å²) in [7, 11) is 0. The molecule has 42 heavy (non-hydrogen) atoms. The third kappa shape index (κ3) is 6.82. The second-order valence-corrected chi connectivity index (χ2v) is 10.8. The molecule has 1 aliphatic carbocycles. The summed E-state index contributed by atoms with van der Waals surface area (Å²) in [6.07, 6.45) is 7.13. The standard InChI is InChI=1S/C34H38N4O4/c1-3-42-29-19-13-24(14-20-29)33(34(41)37-26-9-5-4-6-10-26)38(28-17-15-27(16-18-28)36-23(2)39)32(40)21-25-22-35-31-12-8-7-11-30(25)31/h7-8,11-20,22,26,33,35H,3-6,9-10,21H2,1-2H3,(H,36,39)(H,37,41)/t33-/m0/s1. The van der Waals surface area contributed by atoms with E-state index in [9.17, 15) is 14.4 Å². The molecule has 3 N–H and O–H groups in total. The van der Waals surface area contributed by atoms with Crippen molar-refractivity contribution in [3.8, 4) is 5.75 Å². The van der Waals surface area contributed by atoms with Gasteiger partial charge in [0.05, 0.1) is 13.0 Å². The van der Waals surface area contributed by atoms with Crippen molar-refractivity contribution < 1.29 is 19.1 Å². The zero-order valence-corrected chi connectivity index (χ0v) is 24.2. The van der Waals surface area contributed by atoms with Gasteiger partial charge in [0, 0.05) is 41.4 Å². The van der Waals surface area contributed by atoms with Gasteiger partial charge in [-0.05, 0) is 73.4 Å². The summed E-state index contributed by atoms with van der Waals surface area (Å²) in [5.74, 6) is 0.0761. The van der Waals surface area contributed by atoms with Crippen molar-refractivity contribution in [3.05, 3.63) is 90.1 Å². The first kappa shape index (κ1) is 28.9. The van der Waals surface area contributed by atoms with E-state index >= 15 is 0 Å². The van der Waals surface area contributed by atoms with Crippen LogP contribution in [0.4, 0.5) is 11.4 Å². The minimum Gasteiger partial charge on any atom is -0.494 e. The van der Waals surface area contributed by atoms with E-state index in [4.69, 9.17) is 4.74 Å². The van der Waals surface area contributed by atoms with E-state index in [0.717, 1.165) is 42.1 Å². The fraction of sp³-hybridized carbons (Fsp3) is 0.324. The smallest absolute Gasteiger partial charge is 0.248 e. The minimum absolute atomic E-state index is 0.0733. The molecule has 0 radical (unpaired) electrons. The number of fused-ring (bicyclic) bond motifs is 1. The molecule has 8 heteroatoms. The highest BCUT2D eigenvalue weighted by atomic mass is 16.5. The third-order valence-electron chi connectivity index (χ3n) is 7.72. The normalized spacial score (nSPS) is 14.2. The first-order chi connectivity index (χ1) is 20.4. The van der Waals surface area contributed by atoms with Crippen molar-refractivity contribution in [1.29, 1.82) is 0 Å². The van der Waals surface area contributed by atoms with Crippen molar-refractivity contribution in [2.75, 3.05) is 16.8 Å². The van der Waals surface area contributed by atoms with Crippen molar-refractivity contribution in [2.45, 2.75) is 64.5 Å². The Morgan fingerprint density at radius 2 is 1.67 bits per heavy atom. The first-order valence-electron chi connectivity index (χ1n) is 14.7. The third-order valence-corrected chi connectivity index (χ3v) is 7.72. The number of amides is 3. The van der Waals surface area contributed by atoms with Gasteiger partial charge in [0.1, 0.15) is 11.8 Å². The van der Waals surface area contributed by atoms with E-state index in [2.05, 4.69) is 15.6 Å². The van der Waals surface area contributed by atoms with Crippen LogP contribution in [-0.4, -0.2) is 35.4 Å². The van der Waals surface area contributed by atoms with E-state index in [1.807, 2.05) is 61.7 Å². The van der Waals surface area contributed by atoms with E-state index in [1.54, 1.807) is 29.2 Å². The van der Waals surface area contributed by atoms with Crippen LogP contribution in [0.5, 0.6) is 5.75 Å². The van der Waals surface area contributed by atoms with Crippen molar-refractivity contribution in [2.24, 2.45) is 0 Å². The predicted octanol–water partition coefficient (Wildman–Crippen LogP) is 6.29. The zero-order chi connectivity index (χ0) is 29.5. The van der Waals surface area contributed by atoms with E-state index in [-0.39, 0.29) is 30.2 Å². The topological polar surface area (TPSA) is 104 Å². The molecule has 0 saturated heterocycles. The summed E-state index contributed by atoms with van der Waals surface area (Å²) in [6, 6.07) is 21.4. The maximum Gasteiger partial charge on any atom is 0.248 e. The lowest BCUT2D eigenvalue weighted by Gasteiger charge is -2.33. The van der Waals surface area contributed by atoms with Gasteiger partial charge in [-0.2, -0.15) is 0 Å². The van der Waals surface area contributed by atoms with Gasteiger partial charge in [-0.3, -0.25) is 19.3 Å². The molecule has 1 aliphatic rings. The maximum absolute atomic E-state index is 14.3. The molecule has 0 bridgehead atoms. The van der Waals surface area contributed by atoms with Crippen LogP contribution in [0.2, 0.25) is 0 Å². The van der Waals surface area contributed by atoms with E-state index < -0.39 is 6.04 Å². The molecular weight excluding hydrogens is 528 g/mol. The number of aromatic nitrogens is 1. The van der Waals surface area contributed by atoms with Crippen LogP contribution in [0, 0.1) is 0 Å². The minimum atomic E-state index is -0.910. The second-order valence-electron chi connectivity index (χ2n) is 10.8. The SMILES string of the molecule is CCOc1ccc([C@@H](C(=O)NC2CCCCC2)N(C(=O)Cc2c[nH]c3ccccc23)c2ccc(NC(C)=O)cc2)cc1. The largest absolute Gasteiger partial charge is 0.494 e. The summed E-state index contributed by atoms with van der Waals surface area (Å²) in [4.78, 5) is 45.0. The van der Waals surface area contributed by atoms with Crippen LogP contribution < -0.4 is 20.3 Å². The Bertz CT molecular complexity index is 1520. The van der Waals surface area contributed by atoms with Crippen LogP contribution in [0.25, 0.3) is 10.9 Å². The number of para-hydroxylation sites is 1. The number of rotatable bonds is 10. The average molecular weight is 567 g/mol. The molecule has 1 heterocycles. The molecule has 3 amide bonds. The fourth-order valence-corrected chi connectivity index (χ4v) is 5.73. The Balaban J connectivity index is 1.56. The molecule has 1 saturated carbocycles. The Hall–Kier alpha value is -4.59. The molecule has 3 aromatic carbocycles. The quantitative estimate of drug-likeness (QED) is 0.210. The Labute approximate surface area is 246 Å². The van der Waals surface area contributed by atoms with Gasteiger partial charge in [-0.25, -0.2) is 0 Å². The second kappa shape index (κ2) is 13.4. The summed E-state index contributed by atoms with van der Waals surface area (Å²) in [6.45, 7) is 3.90. The summed E-state index contributed by atoms with van der Waals surface area (Å²) < 4.78 is 5.65. The van der Waals surface area contributed by atoms with Gasteiger partial charge in [-0.1, -0.05) is 49.6 Å². The lowest BCUT2D eigenvalue weighted by molar-refractivity contribution is -0.127. The van der Waals surface area contributed by atoms with Gasteiger partial charge in [-0.15, -0.1) is 0 Å². The van der Waals surface area contributed by atoms with Crippen LogP contribution >= 0.6 is 0 Å². The first-order valence-corrected chi connectivity index (χ1v) is 14.7. The Morgan fingerprint density at radius 1 is 0.952 bits per heavy atom. The van der Waals surface area contributed by atoms with E-state index in [1.165, 1.54) is 13.3 Å². The van der Waals surface area contributed by atoms with Gasteiger partial charge >= 0.3 is 0 Å². The molecule has 5 rings (SSSR count). The lowest BCUT2D eigenvalue weighted by Crippen LogP contribution is -2.47. The van der Waals surface area contributed by atoms with Gasteiger partial charge < -0.3 is 20.4 Å². The molecule has 1 atom stereocenters. The predicted molar refractivity (Wildman–Crippen MR) is 166 cm³/mol. The van der Waals surface area contributed by atoms with Crippen molar-refractivity contribution in [1.82, 2.24) is 10.3 Å². The number of nitrogens with zero attached hydrogens (tertiary/aromatic N) is 1. The monoisotopic (exact) mass is 566 g/mol. The van der Waals surface area contributed by atoms with Crippen molar-refractivity contribution in [3.63, 3.8) is 0 Å². The molecule has 4 aromatic rings. The molecule has 1 aromatic heterocycles. The number of benzene rings is 3. The number of carbonyl (C=O) groups is 3. The molecule has 8 nitrogen and oxygen atoms in total. The number of anilines is 2. The highest BCUT2D eigenvalue weighted by Crippen LogP contribution is 2.32. The highest BCUT2D eigenvalue weighted by Gasteiger charge is 2.34. The van der Waals surface area contributed by atoms with Crippen LogP contribution in [0.3, 0.4) is 0 Å². The Kier molecular flexibility index (Phi) is 9.21. The number of hydrogen-bond acceptors (Lipinski definition) is 4. The van der Waals surface area contributed by atoms with Gasteiger partial charge in [0.25, 0.3) is 0 Å². The maximum atomic E-state index is 14.3. The Morgan fingerprint density at radius 3 is 2.36 bits per heavy atom. The number of carbonyl (C=O) groups excluding carboxylic acids is 3. The summed E-state index contributed by atoms with van der Waals surface area (Å²) in [5.41, 5.74) is 3.66. The molecule has 0 spiro atoms. The highest BCUT2D eigenvalue weighted by molar-refractivity contribution is 6.03. The molecule has 218 valence electrons. The average Bonchev–Trinajstić information content (AvgIpc) is 3.40. The molecular formula is C34H38N4O4. The lowest BCUT2D eigenvalue weighted by atomic mass is 9.94. The fourth-order valence-electron chi connectivity index (χ4n) is 5.73. The van der Waals surface area contributed by atoms with Crippen molar-refractivity contribution >= 4 is 40.0 Å². The number of aromatic amines is 1. The summed E-state index contributed by atoms with van der Waals surface area (Å²) >= 11 is 0. The van der Waals surface area contributed by atoms with Crippen LogP contribution in [-0.2, 0) is 20.8 Å². The molecule has 0 aliphatic heterocycles. The van der Waals surface area contributed by atoms with E-state index in [0.29, 0.717) is 29.3 Å². The van der Waals surface area contributed by atoms with Gasteiger partial charge in [0.15, 0.2) is 0 Å². The number of nitrogens with one attached hydrogen (secondary N) is 3.